The zero-order valence-corrected chi connectivity index (χ0v) is 14.7. The number of thioether (sulfide) groups is 1. The van der Waals surface area contributed by atoms with E-state index in [1.165, 1.54) is 0 Å². The van der Waals surface area contributed by atoms with E-state index in [0.717, 1.165) is 23.7 Å². The number of amides is 1. The summed E-state index contributed by atoms with van der Waals surface area (Å²) in [7, 11) is 6.01. The van der Waals surface area contributed by atoms with E-state index in [2.05, 4.69) is 15.2 Å². The van der Waals surface area contributed by atoms with Crippen molar-refractivity contribution in [2.45, 2.75) is 6.04 Å². The van der Waals surface area contributed by atoms with Crippen molar-refractivity contribution in [3.05, 3.63) is 54.1 Å². The number of aromatic nitrogens is 2. The molecule has 2 aromatic rings. The Balaban J connectivity index is 2.01. The van der Waals surface area contributed by atoms with E-state index in [4.69, 9.17) is 0 Å². The molecule has 6 heteroatoms. The number of benzene rings is 1. The average molecular weight is 332 g/mol. The lowest BCUT2D eigenvalue weighted by Crippen LogP contribution is -2.32. The van der Waals surface area contributed by atoms with E-state index in [9.17, 15) is 4.79 Å². The molecule has 1 aromatic heterocycles. The first-order valence-electron chi connectivity index (χ1n) is 7.62. The van der Waals surface area contributed by atoms with Crippen LogP contribution in [-0.4, -0.2) is 52.5 Å². The molecule has 1 amide bonds. The fraction of sp³-hybridized carbons (Fsp3) is 0.412. The second-order valence-electron chi connectivity index (χ2n) is 5.66. The van der Waals surface area contributed by atoms with Gasteiger partial charge in [0.15, 0.2) is 0 Å². The van der Waals surface area contributed by atoms with Crippen LogP contribution in [0.2, 0.25) is 0 Å². The van der Waals surface area contributed by atoms with Gasteiger partial charge < -0.3 is 14.8 Å². The third-order valence-corrected chi connectivity index (χ3v) is 4.41. The van der Waals surface area contributed by atoms with E-state index in [1.807, 2.05) is 62.2 Å². The quantitative estimate of drug-likeness (QED) is 0.751. The summed E-state index contributed by atoms with van der Waals surface area (Å²) < 4.78 is 1.94. The predicted octanol–water partition coefficient (Wildman–Crippen LogP) is 1.92. The second-order valence-corrected chi connectivity index (χ2v) is 6.77. The molecule has 0 aliphatic rings. The van der Waals surface area contributed by atoms with Crippen LogP contribution < -0.4 is 5.32 Å². The maximum Gasteiger partial charge on any atom is 0.230 e. The fourth-order valence-electron chi connectivity index (χ4n) is 2.21. The number of hydrogen-bond donors (Lipinski definition) is 1. The minimum absolute atomic E-state index is 0.0330. The molecule has 124 valence electrons. The highest BCUT2D eigenvalue weighted by Gasteiger charge is 2.20. The molecule has 0 aliphatic carbocycles. The third-order valence-electron chi connectivity index (χ3n) is 3.47. The van der Waals surface area contributed by atoms with Crippen LogP contribution in [0, 0.1) is 0 Å². The summed E-state index contributed by atoms with van der Waals surface area (Å²) in [5, 5.41) is 3.11. The Morgan fingerprint density at radius 2 is 2.09 bits per heavy atom. The molecule has 5 nitrogen and oxygen atoms in total. The van der Waals surface area contributed by atoms with Gasteiger partial charge in [0, 0.05) is 31.7 Å². The van der Waals surface area contributed by atoms with Gasteiger partial charge in [-0.1, -0.05) is 30.3 Å². The molecule has 1 aromatic carbocycles. The van der Waals surface area contributed by atoms with Crippen molar-refractivity contribution in [3.8, 4) is 0 Å². The van der Waals surface area contributed by atoms with Crippen LogP contribution in [0.5, 0.6) is 0 Å². The molecule has 0 saturated heterocycles. The molecule has 1 N–H and O–H groups in total. The minimum atomic E-state index is -0.224. The van der Waals surface area contributed by atoms with Crippen LogP contribution in [0.25, 0.3) is 0 Å². The maximum atomic E-state index is 12.3. The Kier molecular flexibility index (Phi) is 6.67. The van der Waals surface area contributed by atoms with Gasteiger partial charge in [-0.15, -0.1) is 0 Å². The van der Waals surface area contributed by atoms with Crippen LogP contribution in [0.3, 0.4) is 0 Å². The number of nitrogens with one attached hydrogen (secondary N) is 1. The molecule has 0 bridgehead atoms. The van der Waals surface area contributed by atoms with Crippen molar-refractivity contribution in [2.75, 3.05) is 32.1 Å². The normalized spacial score (nSPS) is 12.3. The van der Waals surface area contributed by atoms with Crippen molar-refractivity contribution in [2.24, 2.45) is 7.05 Å². The largest absolute Gasteiger partial charge is 0.341 e. The molecule has 0 radical (unpaired) electrons. The summed E-state index contributed by atoms with van der Waals surface area (Å²) in [5.41, 5.74) is 1.04. The number of rotatable bonds is 8. The van der Waals surface area contributed by atoms with Crippen LogP contribution in [0.15, 0.2) is 42.7 Å². The van der Waals surface area contributed by atoms with Crippen molar-refractivity contribution in [3.63, 3.8) is 0 Å². The van der Waals surface area contributed by atoms with Gasteiger partial charge in [-0.2, -0.15) is 11.8 Å². The molecular formula is C17H24N4OS. The van der Waals surface area contributed by atoms with E-state index in [-0.39, 0.29) is 11.9 Å². The number of imidazole rings is 1. The number of carbonyl (C=O) groups is 1. The lowest BCUT2D eigenvalue weighted by molar-refractivity contribution is -0.119. The Morgan fingerprint density at radius 3 is 2.70 bits per heavy atom. The van der Waals surface area contributed by atoms with Gasteiger partial charge >= 0.3 is 0 Å². The fourth-order valence-corrected chi connectivity index (χ4v) is 3.12. The molecule has 2 rings (SSSR count). The maximum absolute atomic E-state index is 12.3. The van der Waals surface area contributed by atoms with Gasteiger partial charge in [-0.05, 0) is 19.7 Å². The van der Waals surface area contributed by atoms with Crippen molar-refractivity contribution in [1.82, 2.24) is 19.8 Å². The zero-order chi connectivity index (χ0) is 16.7. The van der Waals surface area contributed by atoms with E-state index >= 15 is 0 Å². The number of nitrogens with zero attached hydrogens (tertiary/aromatic N) is 3. The van der Waals surface area contributed by atoms with Gasteiger partial charge in [-0.25, -0.2) is 4.98 Å². The zero-order valence-electron chi connectivity index (χ0n) is 13.9. The predicted molar refractivity (Wildman–Crippen MR) is 95.5 cm³/mol. The lowest BCUT2D eigenvalue weighted by Gasteiger charge is -2.19. The van der Waals surface area contributed by atoms with Gasteiger partial charge in [0.2, 0.25) is 5.91 Å². The topological polar surface area (TPSA) is 50.2 Å². The molecule has 0 saturated carbocycles. The van der Waals surface area contributed by atoms with E-state index < -0.39 is 0 Å². The first-order chi connectivity index (χ1) is 11.1. The molecule has 0 fully saturated rings. The second kappa shape index (κ2) is 8.74. The molecule has 1 atom stereocenters. The first kappa shape index (κ1) is 17.6. The molecule has 23 heavy (non-hydrogen) atoms. The first-order valence-corrected chi connectivity index (χ1v) is 8.77. The summed E-state index contributed by atoms with van der Waals surface area (Å²) >= 11 is 1.65. The van der Waals surface area contributed by atoms with Gasteiger partial charge in [0.25, 0.3) is 0 Å². The standard InChI is InChI=1S/C17H24N4OS/c1-20(2)11-12-23-13-15(22)19-16(14-7-5-4-6-8-14)17-18-9-10-21(17)3/h4-10,16H,11-13H2,1-3H3,(H,19,22). The summed E-state index contributed by atoms with van der Waals surface area (Å²) in [6, 6.07) is 9.72. The number of aryl methyl sites for hydroxylation is 1. The molecule has 1 heterocycles. The number of hydrogen-bond acceptors (Lipinski definition) is 4. The molecular weight excluding hydrogens is 308 g/mol. The highest BCUT2D eigenvalue weighted by Crippen LogP contribution is 2.20. The van der Waals surface area contributed by atoms with Gasteiger partial charge in [0.1, 0.15) is 11.9 Å². The monoisotopic (exact) mass is 332 g/mol. The highest BCUT2D eigenvalue weighted by atomic mass is 32.2. The third kappa shape index (κ3) is 5.41. The van der Waals surface area contributed by atoms with E-state index in [0.29, 0.717) is 5.75 Å². The van der Waals surface area contributed by atoms with Crippen molar-refractivity contribution < 1.29 is 4.79 Å². The summed E-state index contributed by atoms with van der Waals surface area (Å²) in [5.74, 6) is 2.27. The van der Waals surface area contributed by atoms with Crippen LogP contribution in [0.4, 0.5) is 0 Å². The van der Waals surface area contributed by atoms with Crippen LogP contribution >= 0.6 is 11.8 Å². The van der Waals surface area contributed by atoms with Crippen molar-refractivity contribution in [1.29, 1.82) is 0 Å². The van der Waals surface area contributed by atoms with Gasteiger partial charge in [0.05, 0.1) is 5.75 Å². The lowest BCUT2D eigenvalue weighted by atomic mass is 10.1. The molecule has 1 unspecified atom stereocenters. The molecule has 0 spiro atoms. The van der Waals surface area contributed by atoms with Gasteiger partial charge in [-0.3, -0.25) is 4.79 Å². The summed E-state index contributed by atoms with van der Waals surface area (Å²) in [4.78, 5) is 18.8. The average Bonchev–Trinajstić information content (AvgIpc) is 2.96. The Labute approximate surface area is 142 Å². The van der Waals surface area contributed by atoms with Crippen LogP contribution in [-0.2, 0) is 11.8 Å². The van der Waals surface area contributed by atoms with Crippen molar-refractivity contribution >= 4 is 17.7 Å². The summed E-state index contributed by atoms with van der Waals surface area (Å²) in [6.45, 7) is 0.972. The summed E-state index contributed by atoms with van der Waals surface area (Å²) in [6.07, 6.45) is 3.65. The Bertz CT molecular complexity index is 612. The molecule has 0 aliphatic heterocycles. The Hall–Kier alpha value is -1.79. The number of carbonyl (C=O) groups excluding carboxylic acids is 1. The smallest absolute Gasteiger partial charge is 0.230 e. The highest BCUT2D eigenvalue weighted by molar-refractivity contribution is 7.99. The SMILES string of the molecule is CN(C)CCSCC(=O)NC(c1ccccc1)c1nccn1C. The minimum Gasteiger partial charge on any atom is -0.341 e. The Morgan fingerprint density at radius 1 is 1.35 bits per heavy atom. The van der Waals surface area contributed by atoms with Crippen LogP contribution in [0.1, 0.15) is 17.4 Å². The van der Waals surface area contributed by atoms with E-state index in [1.54, 1.807) is 18.0 Å².